The molecule has 1 aromatic rings. The Morgan fingerprint density at radius 1 is 1.23 bits per heavy atom. The van der Waals surface area contributed by atoms with Crippen LogP contribution < -0.4 is 5.32 Å². The molecule has 0 aromatic heterocycles. The third-order valence-electron chi connectivity index (χ3n) is 5.46. The highest BCUT2D eigenvalue weighted by atomic mass is 16.5. The van der Waals surface area contributed by atoms with Gasteiger partial charge in [0.05, 0.1) is 12.7 Å². The van der Waals surface area contributed by atoms with Crippen LogP contribution in [0.25, 0.3) is 0 Å². The molecule has 3 rings (SSSR count). The van der Waals surface area contributed by atoms with Gasteiger partial charge in [0.2, 0.25) is 5.91 Å². The van der Waals surface area contributed by atoms with Gasteiger partial charge in [-0.1, -0.05) is 62.4 Å². The molecule has 0 radical (unpaired) electrons. The fourth-order valence-corrected chi connectivity index (χ4v) is 3.85. The molecule has 1 heterocycles. The molecule has 1 saturated heterocycles. The van der Waals surface area contributed by atoms with E-state index in [1.807, 2.05) is 37.3 Å². The van der Waals surface area contributed by atoms with Crippen molar-refractivity contribution < 1.29 is 19.1 Å². The second kappa shape index (κ2) is 9.28. The fourth-order valence-electron chi connectivity index (χ4n) is 3.85. The predicted molar refractivity (Wildman–Crippen MR) is 98.6 cm³/mol. The van der Waals surface area contributed by atoms with Gasteiger partial charge in [-0.25, -0.2) is 0 Å². The average Bonchev–Trinajstić information content (AvgIpc) is 2.98. The number of carbonyl (C=O) groups is 2. The van der Waals surface area contributed by atoms with Crippen molar-refractivity contribution in [1.29, 1.82) is 0 Å². The van der Waals surface area contributed by atoms with Crippen molar-refractivity contribution in [2.75, 3.05) is 6.61 Å². The molecule has 1 saturated carbocycles. The number of nitrogens with one attached hydrogen (secondary N) is 1. The Hall–Kier alpha value is -1.72. The maximum absolute atomic E-state index is 12.8. The number of ether oxygens (including phenoxy) is 2. The summed E-state index contributed by atoms with van der Waals surface area (Å²) >= 11 is 0. The lowest BCUT2D eigenvalue weighted by Gasteiger charge is -2.27. The molecule has 0 bridgehead atoms. The van der Waals surface area contributed by atoms with Crippen LogP contribution in [0.1, 0.15) is 51.0 Å². The van der Waals surface area contributed by atoms with Crippen LogP contribution in [-0.2, 0) is 25.7 Å². The van der Waals surface area contributed by atoms with Crippen LogP contribution in [0.3, 0.4) is 0 Å². The molecule has 1 unspecified atom stereocenters. The first-order valence-electron chi connectivity index (χ1n) is 9.73. The number of hydrogen-bond donors (Lipinski definition) is 1. The summed E-state index contributed by atoms with van der Waals surface area (Å²) in [5.74, 6) is 0.260. The van der Waals surface area contributed by atoms with Gasteiger partial charge in [0, 0.05) is 0 Å². The summed E-state index contributed by atoms with van der Waals surface area (Å²) in [7, 11) is 0. The summed E-state index contributed by atoms with van der Waals surface area (Å²) in [4.78, 5) is 24.8. The quantitative estimate of drug-likeness (QED) is 0.813. The average molecular weight is 359 g/mol. The molecule has 1 aliphatic heterocycles. The number of hydrogen-bond acceptors (Lipinski definition) is 4. The summed E-state index contributed by atoms with van der Waals surface area (Å²) in [6.45, 7) is 2.29. The highest BCUT2D eigenvalue weighted by Gasteiger charge is 2.36. The lowest BCUT2D eigenvalue weighted by atomic mass is 9.85. The number of benzene rings is 1. The van der Waals surface area contributed by atoms with E-state index in [-0.39, 0.29) is 24.4 Å². The van der Waals surface area contributed by atoms with E-state index in [0.717, 1.165) is 24.8 Å². The lowest BCUT2D eigenvalue weighted by molar-refractivity contribution is -0.137. The van der Waals surface area contributed by atoms with E-state index in [9.17, 15) is 9.59 Å². The molecule has 1 amide bonds. The van der Waals surface area contributed by atoms with Gasteiger partial charge >= 0.3 is 0 Å². The smallest absolute Gasteiger partial charge is 0.249 e. The van der Waals surface area contributed by atoms with Crippen LogP contribution in [-0.4, -0.2) is 36.5 Å². The van der Waals surface area contributed by atoms with E-state index in [4.69, 9.17) is 9.47 Å². The normalized spacial score (nSPS) is 25.2. The van der Waals surface area contributed by atoms with Crippen molar-refractivity contribution in [3.8, 4) is 0 Å². The van der Waals surface area contributed by atoms with Gasteiger partial charge < -0.3 is 14.8 Å². The highest BCUT2D eigenvalue weighted by Crippen LogP contribution is 2.28. The predicted octanol–water partition coefficient (Wildman–Crippen LogP) is 3.01. The third kappa shape index (κ3) is 5.15. The van der Waals surface area contributed by atoms with E-state index < -0.39 is 12.1 Å². The SMILES string of the molecule is CC1OCC(=O)[C@H]1NC(=O)[C@H](CC1CCCCC1)OCc1ccccc1. The van der Waals surface area contributed by atoms with Crippen molar-refractivity contribution in [1.82, 2.24) is 5.32 Å². The first-order valence-corrected chi connectivity index (χ1v) is 9.73. The first kappa shape index (κ1) is 19.1. The minimum Gasteiger partial charge on any atom is -0.368 e. The summed E-state index contributed by atoms with van der Waals surface area (Å²) in [5.41, 5.74) is 1.04. The van der Waals surface area contributed by atoms with E-state index >= 15 is 0 Å². The Morgan fingerprint density at radius 2 is 1.96 bits per heavy atom. The maximum Gasteiger partial charge on any atom is 0.249 e. The van der Waals surface area contributed by atoms with Gasteiger partial charge in [-0.05, 0) is 24.8 Å². The van der Waals surface area contributed by atoms with Crippen LogP contribution in [0.4, 0.5) is 0 Å². The molecule has 5 nitrogen and oxygen atoms in total. The van der Waals surface area contributed by atoms with E-state index in [1.165, 1.54) is 19.3 Å². The second-order valence-electron chi connectivity index (χ2n) is 7.49. The van der Waals surface area contributed by atoms with E-state index in [0.29, 0.717) is 12.5 Å². The van der Waals surface area contributed by atoms with Crippen molar-refractivity contribution in [2.24, 2.45) is 5.92 Å². The van der Waals surface area contributed by atoms with Crippen LogP contribution in [0, 0.1) is 5.92 Å². The molecule has 26 heavy (non-hydrogen) atoms. The third-order valence-corrected chi connectivity index (χ3v) is 5.46. The zero-order valence-electron chi connectivity index (χ0n) is 15.5. The van der Waals surface area contributed by atoms with Gasteiger partial charge in [0.15, 0.2) is 5.78 Å². The van der Waals surface area contributed by atoms with Crippen LogP contribution in [0.15, 0.2) is 30.3 Å². The molecule has 1 N–H and O–H groups in total. The summed E-state index contributed by atoms with van der Waals surface area (Å²) in [6.07, 6.45) is 5.95. The molecule has 0 spiro atoms. The molecule has 1 aliphatic carbocycles. The van der Waals surface area contributed by atoms with E-state index in [1.54, 1.807) is 0 Å². The largest absolute Gasteiger partial charge is 0.368 e. The molecule has 2 fully saturated rings. The molecule has 1 aromatic carbocycles. The van der Waals surface area contributed by atoms with Gasteiger partial charge in [0.25, 0.3) is 0 Å². The molecule has 2 aliphatic rings. The van der Waals surface area contributed by atoms with Crippen LogP contribution in [0.5, 0.6) is 0 Å². The molecule has 142 valence electrons. The minimum atomic E-state index is -0.559. The molecule has 5 heteroatoms. The highest BCUT2D eigenvalue weighted by molar-refractivity contribution is 5.92. The van der Waals surface area contributed by atoms with Crippen molar-refractivity contribution >= 4 is 11.7 Å². The second-order valence-corrected chi connectivity index (χ2v) is 7.49. The number of rotatable bonds is 7. The summed E-state index contributed by atoms with van der Waals surface area (Å²) < 4.78 is 11.3. The Balaban J connectivity index is 1.62. The monoisotopic (exact) mass is 359 g/mol. The number of Topliss-reactive ketones (excluding diaryl/α,β-unsaturated/α-hetero) is 1. The standard InChI is InChI=1S/C21H29NO4/c1-15-20(18(23)14-25-15)22-21(24)19(12-16-8-4-2-5-9-16)26-13-17-10-6-3-7-11-17/h3,6-7,10-11,15-16,19-20H,2,4-5,8-9,12-14H2,1H3,(H,22,24)/t15?,19-,20-/m0/s1. The molecular weight excluding hydrogens is 330 g/mol. The fraction of sp³-hybridized carbons (Fsp3) is 0.619. The van der Waals surface area contributed by atoms with Crippen molar-refractivity contribution in [3.63, 3.8) is 0 Å². The maximum atomic E-state index is 12.8. The molecule has 3 atom stereocenters. The lowest BCUT2D eigenvalue weighted by Crippen LogP contribution is -2.48. The van der Waals surface area contributed by atoms with Crippen LogP contribution >= 0.6 is 0 Å². The zero-order chi connectivity index (χ0) is 18.4. The minimum absolute atomic E-state index is 0.0645. The topological polar surface area (TPSA) is 64.6 Å². The Labute approximate surface area is 155 Å². The summed E-state index contributed by atoms with van der Waals surface area (Å²) in [6, 6.07) is 9.31. The number of ketones is 1. The summed E-state index contributed by atoms with van der Waals surface area (Å²) in [5, 5.41) is 2.87. The zero-order valence-corrected chi connectivity index (χ0v) is 15.5. The van der Waals surface area contributed by atoms with Crippen LogP contribution in [0.2, 0.25) is 0 Å². The van der Waals surface area contributed by atoms with Gasteiger partial charge in [-0.3, -0.25) is 9.59 Å². The van der Waals surface area contributed by atoms with Crippen molar-refractivity contribution in [3.05, 3.63) is 35.9 Å². The first-order chi connectivity index (χ1) is 12.6. The van der Waals surface area contributed by atoms with Gasteiger partial charge in [-0.2, -0.15) is 0 Å². The van der Waals surface area contributed by atoms with E-state index in [2.05, 4.69) is 5.32 Å². The van der Waals surface area contributed by atoms with Crippen molar-refractivity contribution in [2.45, 2.75) is 70.3 Å². The van der Waals surface area contributed by atoms with Gasteiger partial charge in [-0.15, -0.1) is 0 Å². The Kier molecular flexibility index (Phi) is 6.80. The molecular formula is C21H29NO4. The Bertz CT molecular complexity index is 597. The number of amides is 1. The number of carbonyl (C=O) groups excluding carboxylic acids is 2. The Morgan fingerprint density at radius 3 is 2.62 bits per heavy atom. The van der Waals surface area contributed by atoms with Gasteiger partial charge in [0.1, 0.15) is 18.8 Å².